The molecule has 0 amide bonds. The number of halogens is 12. The Labute approximate surface area is 635 Å². The summed E-state index contributed by atoms with van der Waals surface area (Å²) in [5, 5.41) is 10.8. The fourth-order valence-electron chi connectivity index (χ4n) is 13.2. The van der Waals surface area contributed by atoms with Gasteiger partial charge in [0.2, 0.25) is 0 Å². The average Bonchev–Trinajstić information content (AvgIpc) is 1.68. The van der Waals surface area contributed by atoms with Crippen LogP contribution < -0.4 is 9.80 Å². The quantitative estimate of drug-likeness (QED) is 0.0461. The number of furan rings is 4. The van der Waals surface area contributed by atoms with Gasteiger partial charge in [-0.1, -0.05) is 204 Å². The smallest absolute Gasteiger partial charge is 0.460 e. The molecular formula is C86H61BF12N2O7PS2. The van der Waals surface area contributed by atoms with Crippen LogP contribution in [0.1, 0.15) is 28.2 Å². The minimum atomic E-state index is -7.67. The van der Waals surface area contributed by atoms with E-state index < -0.39 is 33.5 Å². The fourth-order valence-corrected chi connectivity index (χ4v) is 13.6. The van der Waals surface area contributed by atoms with Crippen molar-refractivity contribution in [3.63, 3.8) is 0 Å². The maximum absolute atomic E-state index is 12.1. The molecule has 0 aliphatic rings. The number of rotatable bonds is 15. The van der Waals surface area contributed by atoms with Crippen molar-refractivity contribution in [2.75, 3.05) is 9.80 Å². The second kappa shape index (κ2) is 31.6. The molecule has 0 saturated carbocycles. The number of alkyl halides is 9. The predicted octanol–water partition coefficient (Wildman–Crippen LogP) is 27.6. The molecule has 111 heavy (non-hydrogen) atoms. The van der Waals surface area contributed by atoms with Gasteiger partial charge in [0, 0.05) is 77.3 Å². The van der Waals surface area contributed by atoms with Crippen LogP contribution in [0.2, 0.25) is 0 Å². The number of benzene rings is 12. The van der Waals surface area contributed by atoms with Gasteiger partial charge >= 0.3 is 40.8 Å². The first-order valence-corrected chi connectivity index (χ1v) is 37.1. The van der Waals surface area contributed by atoms with E-state index in [4.69, 9.17) is 17.7 Å². The third kappa shape index (κ3) is 14.9. The normalized spacial score (nSPS) is 11.9. The van der Waals surface area contributed by atoms with Crippen molar-refractivity contribution in [3.05, 3.63) is 302 Å². The molecule has 25 heteroatoms. The van der Waals surface area contributed by atoms with Crippen molar-refractivity contribution < 1.29 is 83.6 Å². The van der Waals surface area contributed by atoms with E-state index >= 15 is 0 Å². The summed E-state index contributed by atoms with van der Waals surface area (Å²) in [4.78, 5) is 4.39. The highest BCUT2D eigenvalue weighted by Crippen LogP contribution is 2.56. The van der Waals surface area contributed by atoms with Crippen molar-refractivity contribution in [1.29, 1.82) is 0 Å². The van der Waals surface area contributed by atoms with Gasteiger partial charge in [0.05, 0.1) is 11.4 Å². The highest BCUT2D eigenvalue weighted by molar-refractivity contribution is 8.08. The number of anilines is 6. The molecule has 4 heterocycles. The van der Waals surface area contributed by atoms with Crippen molar-refractivity contribution in [3.8, 4) is 50.3 Å². The van der Waals surface area contributed by atoms with E-state index in [1.165, 1.54) is 16.7 Å². The maximum Gasteiger partial charge on any atom is 0.460 e. The molecule has 0 aliphatic heterocycles. The molecule has 0 bridgehead atoms. The number of hydrogen-bond donors (Lipinski definition) is 1. The van der Waals surface area contributed by atoms with Gasteiger partial charge in [-0.25, -0.2) is 0 Å². The lowest BCUT2D eigenvalue weighted by molar-refractivity contribution is -0.382. The Bertz CT molecular complexity index is 6200. The number of para-hydroxylation sites is 4. The van der Waals surface area contributed by atoms with Gasteiger partial charge in [-0.05, 0) is 165 Å². The molecule has 561 valence electrons. The van der Waals surface area contributed by atoms with Gasteiger partial charge < -0.3 is 36.9 Å². The first-order chi connectivity index (χ1) is 52.6. The highest BCUT2D eigenvalue weighted by atomic mass is 32.4. The number of nitrogens with zero attached hydrogens (tertiary/aromatic N) is 2. The fraction of sp³-hybridized carbons (Fsp3) is 0.0930. The van der Waals surface area contributed by atoms with Crippen molar-refractivity contribution in [2.24, 2.45) is 0 Å². The molecule has 4 aromatic heterocycles. The van der Waals surface area contributed by atoms with Gasteiger partial charge in [0.25, 0.3) is 0 Å². The molecule has 16 aromatic rings. The van der Waals surface area contributed by atoms with Crippen LogP contribution in [0, 0.1) is 27.7 Å². The number of phenolic OH excluding ortho intramolecular Hbond substituents is 1. The highest BCUT2D eigenvalue weighted by Gasteiger charge is 2.86. The third-order valence-corrected chi connectivity index (χ3v) is 20.1. The Morgan fingerprint density at radius 1 is 0.414 bits per heavy atom. The minimum absolute atomic E-state index is 0. The van der Waals surface area contributed by atoms with E-state index in [-0.39, 0.29) is 10.5 Å². The van der Waals surface area contributed by atoms with Crippen molar-refractivity contribution >= 4 is 143 Å². The van der Waals surface area contributed by atoms with Crippen LogP contribution in [0.3, 0.4) is 0 Å². The molecule has 9 nitrogen and oxygen atoms in total. The summed E-state index contributed by atoms with van der Waals surface area (Å²) in [7, 11) is -6.96. The Morgan fingerprint density at radius 3 is 1.22 bits per heavy atom. The van der Waals surface area contributed by atoms with Crippen LogP contribution in [-0.2, 0) is 22.0 Å². The number of hydrogen-bond acceptors (Lipinski definition) is 10. The molecule has 12 aromatic carbocycles. The zero-order chi connectivity index (χ0) is 78.2. The predicted molar refractivity (Wildman–Crippen MR) is 423 cm³/mol. The Kier molecular flexibility index (Phi) is 22.4. The molecule has 0 aliphatic carbocycles. The van der Waals surface area contributed by atoms with Gasteiger partial charge in [-0.3, -0.25) is 4.70 Å². The van der Waals surface area contributed by atoms with Gasteiger partial charge in [-0.2, -0.15) is 47.9 Å². The summed E-state index contributed by atoms with van der Waals surface area (Å²) in [5.41, 5.74) is 22.8. The van der Waals surface area contributed by atoms with E-state index in [2.05, 4.69) is 243 Å². The summed E-state index contributed by atoms with van der Waals surface area (Å²) in [6.45, 7) is 12.3. The van der Waals surface area contributed by atoms with E-state index in [9.17, 15) is 61.2 Å². The summed E-state index contributed by atoms with van der Waals surface area (Å²) in [6.07, 6.45) is -5.41. The van der Waals surface area contributed by atoms with Crippen LogP contribution in [0.5, 0.6) is 5.75 Å². The summed E-state index contributed by atoms with van der Waals surface area (Å²) in [6, 6.07) is 92.2. The first-order valence-electron chi connectivity index (χ1n) is 33.8. The standard InChI is InChI=1S/C42H31NO2.C40H29NO3.C4F10O2S.BFPS.FH/c1-4-39-27(2)34-14-10-15-35(42(34)44-39)31-19-23-33(24-20-31)43(32-21-17-30(18-22-32)29-11-6-5-7-12-29)38-26-25-37-36-13-8-9-16-40(36)45-41(37)28(38)3;1-25-26(2)43-39-32(25)12-8-13-33(39)29-17-21-31(22-18-29)41(30-19-15-28(16-20-30)27-9-4-3-5-10-27)36-24-23-35-34-11-6-7-14-37(34)44-40(35)38(36)42;5-1(6,3(9,10)11)2(7,8)4(12,13)17(14,15)16;2-1-3-4;/h4-26H,1H2,2-3H3;3-24,42H,1-2H3;;;1H. The lowest BCUT2D eigenvalue weighted by Crippen LogP contribution is -2.62. The SMILES string of the molecule is C=Cc1oc2c(-c3ccc(N(c4ccc(-c5ccccc5)cc4)c4ccc5c(oc6ccccc65)c4C)cc3)cccc2c1C.Cc1oc2c(-c3ccc(N(c4ccc(-c5ccccc5)cc4)c4ccc5c(oc6ccccc65)c4O)cc3)cccc2c1C.F.F[B]P=S.O=S(=O)(F)C(F)(F)C(F)(F)C(F)(F)C(F)(F)F. The minimum Gasteiger partial charge on any atom is -0.503 e. The van der Waals surface area contributed by atoms with E-state index in [1.807, 2.05) is 79.7 Å². The zero-order valence-electron chi connectivity index (χ0n) is 58.9. The van der Waals surface area contributed by atoms with E-state index in [0.717, 1.165) is 145 Å². The monoisotopic (exact) mass is 1570 g/mol. The molecule has 0 saturated heterocycles. The number of aryl methyl sites for hydroxylation is 4. The Hall–Kier alpha value is -11.8. The molecule has 0 spiro atoms. The largest absolute Gasteiger partial charge is 0.503 e. The van der Waals surface area contributed by atoms with E-state index in [1.54, 1.807) is 6.08 Å². The second-order valence-electron chi connectivity index (χ2n) is 25.4. The van der Waals surface area contributed by atoms with Crippen LogP contribution >= 0.6 is 7.23 Å². The lowest BCUT2D eigenvalue weighted by Gasteiger charge is -2.31. The maximum atomic E-state index is 12.1. The van der Waals surface area contributed by atoms with Crippen LogP contribution in [0.25, 0.3) is 116 Å². The Balaban J connectivity index is 0.000000164. The second-order valence-corrected chi connectivity index (χ2v) is 27.9. The molecular weight excluding hydrogens is 1510 g/mol. The lowest BCUT2D eigenvalue weighted by atomic mass is 10.0. The third-order valence-electron chi connectivity index (χ3n) is 18.9. The molecule has 0 unspecified atom stereocenters. The number of phenols is 1. The van der Waals surface area contributed by atoms with Crippen molar-refractivity contribution in [2.45, 2.75) is 51.0 Å². The topological polar surface area (TPSA) is 113 Å². The molecule has 16 rings (SSSR count). The van der Waals surface area contributed by atoms with Crippen LogP contribution in [0.4, 0.5) is 86.5 Å². The molecule has 1 radical (unpaired) electrons. The number of fused-ring (bicyclic) bond motifs is 8. The van der Waals surface area contributed by atoms with Gasteiger partial charge in [-0.15, -0.1) is 0 Å². The van der Waals surface area contributed by atoms with E-state index in [0.29, 0.717) is 25.8 Å². The summed E-state index contributed by atoms with van der Waals surface area (Å²) < 4.78 is 172. The van der Waals surface area contributed by atoms with Crippen molar-refractivity contribution in [1.82, 2.24) is 0 Å². The van der Waals surface area contributed by atoms with Gasteiger partial charge in [0.15, 0.2) is 11.3 Å². The van der Waals surface area contributed by atoms with Gasteiger partial charge in [0.1, 0.15) is 39.4 Å². The average molecular weight is 1570 g/mol. The first kappa shape index (κ1) is 78.7. The zero-order valence-corrected chi connectivity index (χ0v) is 61.4. The molecule has 0 fully saturated rings. The van der Waals surface area contributed by atoms with Crippen LogP contribution in [-0.4, -0.2) is 44.1 Å². The summed E-state index contributed by atoms with van der Waals surface area (Å²) in [5.74, 6) is -13.1. The van der Waals surface area contributed by atoms with Crippen LogP contribution in [0.15, 0.2) is 291 Å². The molecule has 1 N–H and O–H groups in total. The Morgan fingerprint density at radius 2 is 0.784 bits per heavy atom. The molecule has 0 atom stereocenters. The number of aromatic hydroxyl groups is 1. The summed E-state index contributed by atoms with van der Waals surface area (Å²) >= 11 is 4.09.